The van der Waals surface area contributed by atoms with Crippen LogP contribution in [-0.2, 0) is 6.18 Å². The zero-order valence-corrected chi connectivity index (χ0v) is 16.2. The van der Waals surface area contributed by atoms with Crippen molar-refractivity contribution in [3.05, 3.63) is 64.2 Å². The quantitative estimate of drug-likeness (QED) is 0.602. The van der Waals surface area contributed by atoms with Crippen LogP contribution >= 0.6 is 0 Å². The number of anilines is 1. The predicted molar refractivity (Wildman–Crippen MR) is 108 cm³/mol. The van der Waals surface area contributed by atoms with Crippen molar-refractivity contribution >= 4 is 22.6 Å². The molecular formula is C20H20F3N5O2. The topological polar surface area (TPSA) is 102 Å². The second-order valence-electron chi connectivity index (χ2n) is 6.63. The first-order valence-corrected chi connectivity index (χ1v) is 9.17. The molecule has 10 heteroatoms. The van der Waals surface area contributed by atoms with Crippen molar-refractivity contribution in [3.63, 3.8) is 0 Å². The number of hydrogen-bond acceptors (Lipinski definition) is 4. The van der Waals surface area contributed by atoms with E-state index in [9.17, 15) is 22.8 Å². The van der Waals surface area contributed by atoms with E-state index in [0.29, 0.717) is 12.2 Å². The Hall–Kier alpha value is -3.40. The highest BCUT2D eigenvalue weighted by Gasteiger charge is 2.34. The average molecular weight is 419 g/mol. The Morgan fingerprint density at radius 2 is 1.93 bits per heavy atom. The highest BCUT2D eigenvalue weighted by Crippen LogP contribution is 2.33. The summed E-state index contributed by atoms with van der Waals surface area (Å²) in [4.78, 5) is 29.3. The van der Waals surface area contributed by atoms with E-state index in [1.165, 1.54) is 24.3 Å². The highest BCUT2D eigenvalue weighted by molar-refractivity contribution is 5.89. The lowest BCUT2D eigenvalue weighted by atomic mass is 10.1. The molecule has 0 fully saturated rings. The van der Waals surface area contributed by atoms with Crippen LogP contribution in [-0.4, -0.2) is 22.1 Å². The van der Waals surface area contributed by atoms with Crippen molar-refractivity contribution in [2.24, 2.45) is 5.73 Å². The number of benzene rings is 2. The van der Waals surface area contributed by atoms with Crippen molar-refractivity contribution in [1.29, 1.82) is 0 Å². The first-order valence-electron chi connectivity index (χ1n) is 9.17. The lowest BCUT2D eigenvalue weighted by Crippen LogP contribution is -2.30. The fraction of sp³-hybridized carbons (Fsp3) is 0.250. The summed E-state index contributed by atoms with van der Waals surface area (Å²) in [7, 11) is 0. The molecule has 0 saturated carbocycles. The Bertz CT molecular complexity index is 1160. The largest absolute Gasteiger partial charge is 0.417 e. The monoisotopic (exact) mass is 419 g/mol. The van der Waals surface area contributed by atoms with Gasteiger partial charge in [0.1, 0.15) is 5.82 Å². The average Bonchev–Trinajstić information content (AvgIpc) is 2.67. The fourth-order valence-electron chi connectivity index (χ4n) is 3.10. The van der Waals surface area contributed by atoms with E-state index in [1.807, 2.05) is 0 Å². The summed E-state index contributed by atoms with van der Waals surface area (Å²) in [5.41, 5.74) is 4.50. The predicted octanol–water partition coefficient (Wildman–Crippen LogP) is 3.57. The molecule has 2 aromatic carbocycles. The minimum absolute atomic E-state index is 0.0880. The Balaban J connectivity index is 2.28. The number of nitrogens with one attached hydrogen (secondary N) is 2. The van der Waals surface area contributed by atoms with E-state index in [0.717, 1.165) is 10.6 Å². The number of nitrogens with zero attached hydrogens (tertiary/aromatic N) is 2. The molecule has 0 aliphatic carbocycles. The number of halogens is 3. The van der Waals surface area contributed by atoms with Gasteiger partial charge in [-0.15, -0.1) is 0 Å². The van der Waals surface area contributed by atoms with Gasteiger partial charge in [0.05, 0.1) is 28.2 Å². The second kappa shape index (κ2) is 8.15. The summed E-state index contributed by atoms with van der Waals surface area (Å²) in [6.07, 6.45) is -4.73. The van der Waals surface area contributed by atoms with Crippen molar-refractivity contribution in [1.82, 2.24) is 14.9 Å². The van der Waals surface area contributed by atoms with Crippen LogP contribution in [0.25, 0.3) is 16.6 Å². The van der Waals surface area contributed by atoms with Gasteiger partial charge in [0.15, 0.2) is 0 Å². The molecule has 2 amide bonds. The van der Waals surface area contributed by atoms with Gasteiger partial charge in [-0.05, 0) is 44.2 Å². The van der Waals surface area contributed by atoms with Gasteiger partial charge in [-0.3, -0.25) is 9.36 Å². The molecule has 158 valence electrons. The van der Waals surface area contributed by atoms with Crippen LogP contribution in [0.4, 0.5) is 23.7 Å². The summed E-state index contributed by atoms with van der Waals surface area (Å²) < 4.78 is 41.6. The number of carbonyl (C=O) groups is 1. The minimum Gasteiger partial charge on any atom is -0.338 e. The van der Waals surface area contributed by atoms with Gasteiger partial charge in [-0.25, -0.2) is 9.78 Å². The number of aromatic nitrogens is 2. The van der Waals surface area contributed by atoms with Crippen LogP contribution in [0, 0.1) is 0 Å². The van der Waals surface area contributed by atoms with Gasteiger partial charge < -0.3 is 16.4 Å². The Kier molecular flexibility index (Phi) is 5.79. The van der Waals surface area contributed by atoms with Gasteiger partial charge in [0.2, 0.25) is 0 Å². The number of nitrogens with two attached hydrogens (primary N) is 1. The number of hydrogen-bond donors (Lipinski definition) is 3. The van der Waals surface area contributed by atoms with Crippen LogP contribution in [0.3, 0.4) is 0 Å². The standard InChI is InChI=1S/C20H20F3N5O2/c1-3-25-19(30)26-12-6-4-7-13(10-12)28-17(11(2)24)27-15-9-5-8-14(20(21,22)23)16(15)18(28)29/h4-11H,3,24H2,1-2H3,(H2,25,26,30)/t11-/m0/s1. The van der Waals surface area contributed by atoms with Gasteiger partial charge in [0, 0.05) is 12.2 Å². The van der Waals surface area contributed by atoms with Gasteiger partial charge in [0.25, 0.3) is 5.56 Å². The van der Waals surface area contributed by atoms with Crippen molar-refractivity contribution < 1.29 is 18.0 Å². The zero-order valence-electron chi connectivity index (χ0n) is 16.2. The van der Waals surface area contributed by atoms with Crippen molar-refractivity contribution in [3.8, 4) is 5.69 Å². The van der Waals surface area contributed by atoms with E-state index in [4.69, 9.17) is 5.73 Å². The molecular weight excluding hydrogens is 399 g/mol. The number of rotatable bonds is 4. The SMILES string of the molecule is CCNC(=O)Nc1cccc(-n2c([C@H](C)N)nc3cccc(C(F)(F)F)c3c2=O)c1. The first-order chi connectivity index (χ1) is 14.1. The van der Waals surface area contributed by atoms with Crippen molar-refractivity contribution in [2.75, 3.05) is 11.9 Å². The number of amides is 2. The Morgan fingerprint density at radius 1 is 1.23 bits per heavy atom. The van der Waals surface area contributed by atoms with Crippen LogP contribution in [0.1, 0.15) is 31.3 Å². The summed E-state index contributed by atoms with van der Waals surface area (Å²) in [5.74, 6) is 0.0991. The minimum atomic E-state index is -4.73. The molecule has 0 spiro atoms. The molecule has 0 unspecified atom stereocenters. The van der Waals surface area contributed by atoms with Crippen LogP contribution in [0.5, 0.6) is 0 Å². The van der Waals surface area contributed by atoms with Crippen molar-refractivity contribution in [2.45, 2.75) is 26.1 Å². The molecule has 0 bridgehead atoms. The molecule has 0 saturated heterocycles. The van der Waals surface area contributed by atoms with Crippen LogP contribution < -0.4 is 21.9 Å². The molecule has 3 rings (SSSR count). The third-order valence-electron chi connectivity index (χ3n) is 4.34. The Labute approximate surface area is 169 Å². The molecule has 0 radical (unpaired) electrons. The summed E-state index contributed by atoms with van der Waals surface area (Å²) >= 11 is 0. The molecule has 1 aromatic heterocycles. The normalized spacial score (nSPS) is 12.6. The van der Waals surface area contributed by atoms with Crippen LogP contribution in [0.15, 0.2) is 47.3 Å². The highest BCUT2D eigenvalue weighted by atomic mass is 19.4. The lowest BCUT2D eigenvalue weighted by molar-refractivity contribution is -0.136. The smallest absolute Gasteiger partial charge is 0.338 e. The maximum Gasteiger partial charge on any atom is 0.417 e. The maximum atomic E-state index is 13.5. The lowest BCUT2D eigenvalue weighted by Gasteiger charge is -2.18. The van der Waals surface area contributed by atoms with E-state index in [2.05, 4.69) is 15.6 Å². The van der Waals surface area contributed by atoms with E-state index in [-0.39, 0.29) is 17.0 Å². The van der Waals surface area contributed by atoms with Crippen LogP contribution in [0.2, 0.25) is 0 Å². The molecule has 0 aliphatic heterocycles. The van der Waals surface area contributed by atoms with E-state index < -0.39 is 34.8 Å². The number of urea groups is 1. The third kappa shape index (κ3) is 4.13. The fourth-order valence-corrected chi connectivity index (χ4v) is 3.10. The molecule has 7 nitrogen and oxygen atoms in total. The molecule has 1 atom stereocenters. The Morgan fingerprint density at radius 3 is 2.57 bits per heavy atom. The number of alkyl halides is 3. The molecule has 30 heavy (non-hydrogen) atoms. The second-order valence-corrected chi connectivity index (χ2v) is 6.63. The molecule has 4 N–H and O–H groups in total. The molecule has 0 aliphatic rings. The van der Waals surface area contributed by atoms with E-state index >= 15 is 0 Å². The first kappa shape index (κ1) is 21.3. The van der Waals surface area contributed by atoms with Gasteiger partial charge in [-0.1, -0.05) is 12.1 Å². The van der Waals surface area contributed by atoms with E-state index in [1.54, 1.807) is 26.0 Å². The summed E-state index contributed by atoms with van der Waals surface area (Å²) in [6.45, 7) is 3.74. The molecule has 1 heterocycles. The molecule has 3 aromatic rings. The zero-order chi connectivity index (χ0) is 22.1. The van der Waals surface area contributed by atoms with Gasteiger partial charge >= 0.3 is 12.2 Å². The third-order valence-corrected chi connectivity index (χ3v) is 4.34. The summed E-state index contributed by atoms with van der Waals surface area (Å²) in [5, 5.41) is 4.62. The maximum absolute atomic E-state index is 13.5. The summed E-state index contributed by atoms with van der Waals surface area (Å²) in [6, 6.07) is 8.33. The van der Waals surface area contributed by atoms with Gasteiger partial charge in [-0.2, -0.15) is 13.2 Å². The number of fused-ring (bicyclic) bond motifs is 1. The number of carbonyl (C=O) groups excluding carboxylic acids is 1.